The van der Waals surface area contributed by atoms with E-state index in [2.05, 4.69) is 0 Å². The molecule has 0 aliphatic rings. The van der Waals surface area contributed by atoms with E-state index < -0.39 is 28.8 Å². The van der Waals surface area contributed by atoms with Crippen LogP contribution in [-0.4, -0.2) is 17.9 Å². The van der Waals surface area contributed by atoms with Gasteiger partial charge in [-0.1, -0.05) is 16.7 Å². The van der Waals surface area contributed by atoms with E-state index >= 15 is 0 Å². The summed E-state index contributed by atoms with van der Waals surface area (Å²) < 4.78 is 16.2. The van der Waals surface area contributed by atoms with Crippen LogP contribution in [0.2, 0.25) is 0 Å². The summed E-state index contributed by atoms with van der Waals surface area (Å²) in [4.78, 5) is 39.1. The van der Waals surface area contributed by atoms with Crippen LogP contribution < -0.4 is 14.2 Å². The van der Waals surface area contributed by atoms with Crippen molar-refractivity contribution in [2.45, 2.75) is 56.2 Å². The highest BCUT2D eigenvalue weighted by Crippen LogP contribution is 2.34. The van der Waals surface area contributed by atoms with Gasteiger partial charge in [0.25, 0.3) is 0 Å². The molecule has 206 valence electrons. The van der Waals surface area contributed by atoms with Gasteiger partial charge in [-0.15, -0.1) is 0 Å². The van der Waals surface area contributed by atoms with Gasteiger partial charge in [0, 0.05) is 18.2 Å². The molecule has 0 spiro atoms. The second-order valence-corrected chi connectivity index (χ2v) is 11.7. The van der Waals surface area contributed by atoms with E-state index in [0.717, 1.165) is 31.4 Å². The van der Waals surface area contributed by atoms with Crippen LogP contribution in [0.1, 0.15) is 41.5 Å². The number of hydrogen-bond acceptors (Lipinski definition) is 6. The minimum Gasteiger partial charge on any atom is -0.423 e. The third-order valence-corrected chi connectivity index (χ3v) is 7.28. The van der Waals surface area contributed by atoms with Crippen LogP contribution in [0.5, 0.6) is 17.2 Å². The fraction of sp³-hybridized carbons (Fsp3) is 0.182. The smallest absolute Gasteiger partial charge is 0.336 e. The van der Waals surface area contributed by atoms with Gasteiger partial charge in [-0.2, -0.15) is 0 Å². The zero-order valence-electron chi connectivity index (χ0n) is 23.5. The maximum atomic E-state index is 12.0. The van der Waals surface area contributed by atoms with E-state index in [1.165, 1.54) is 18.2 Å². The van der Waals surface area contributed by atoms with Crippen molar-refractivity contribution in [1.29, 1.82) is 0 Å². The lowest BCUT2D eigenvalue weighted by atomic mass is 10.3. The number of allylic oxidation sites excluding steroid dienone is 3. The second kappa shape index (κ2) is 14.1. The largest absolute Gasteiger partial charge is 0.423 e. The van der Waals surface area contributed by atoms with E-state index in [-0.39, 0.29) is 0 Å². The van der Waals surface area contributed by atoms with E-state index in [1.807, 2.05) is 77.9 Å². The predicted octanol–water partition coefficient (Wildman–Crippen LogP) is 7.40. The summed E-state index contributed by atoms with van der Waals surface area (Å²) in [6.45, 7) is 11.0. The molecular formula is C33H33O6S+. The molecule has 3 aromatic rings. The molecule has 0 radical (unpaired) electrons. The van der Waals surface area contributed by atoms with Crippen LogP contribution >= 0.6 is 0 Å². The standard InChI is InChI=1S/C33H33O6S/c1-22(2)19-31(34)37-25-7-13-28(14-8-25)40(29-15-9-26(10-16-29)38-32(35)20-23(3)4)30-17-11-27(12-18-30)39-33(36)21-24(5)6/h7-21H,1-6H3/q+1. The second-order valence-electron chi connectivity index (χ2n) is 9.65. The van der Waals surface area contributed by atoms with Crippen LogP contribution in [0, 0.1) is 0 Å². The molecule has 3 aromatic carbocycles. The Balaban J connectivity index is 1.93. The first-order valence-electron chi connectivity index (χ1n) is 12.6. The molecule has 0 aliphatic heterocycles. The third-order valence-electron chi connectivity index (χ3n) is 5.05. The molecule has 0 saturated carbocycles. The topological polar surface area (TPSA) is 78.9 Å². The predicted molar refractivity (Wildman–Crippen MR) is 157 cm³/mol. The molecule has 0 aliphatic carbocycles. The van der Waals surface area contributed by atoms with Gasteiger partial charge >= 0.3 is 17.9 Å². The molecule has 0 unspecified atom stereocenters. The minimum absolute atomic E-state index is 0.428. The maximum absolute atomic E-state index is 12.0. The molecule has 0 amide bonds. The van der Waals surface area contributed by atoms with Gasteiger partial charge in [0.1, 0.15) is 17.2 Å². The highest BCUT2D eigenvalue weighted by atomic mass is 32.2. The molecule has 0 N–H and O–H groups in total. The van der Waals surface area contributed by atoms with E-state index in [0.29, 0.717) is 17.2 Å². The lowest BCUT2D eigenvalue weighted by Crippen LogP contribution is -2.08. The monoisotopic (exact) mass is 557 g/mol. The number of esters is 3. The summed E-state index contributed by atoms with van der Waals surface area (Å²) in [5, 5.41) is 0. The van der Waals surface area contributed by atoms with Gasteiger partial charge in [0.05, 0.1) is 10.9 Å². The van der Waals surface area contributed by atoms with Gasteiger partial charge in [-0.25, -0.2) is 14.4 Å². The zero-order valence-corrected chi connectivity index (χ0v) is 24.3. The van der Waals surface area contributed by atoms with Gasteiger partial charge in [-0.3, -0.25) is 0 Å². The Bertz CT molecular complexity index is 1250. The maximum Gasteiger partial charge on any atom is 0.336 e. The Labute approximate surface area is 238 Å². The zero-order chi connectivity index (χ0) is 29.2. The van der Waals surface area contributed by atoms with Gasteiger partial charge in [-0.05, 0) is 114 Å². The van der Waals surface area contributed by atoms with Crippen molar-refractivity contribution in [2.24, 2.45) is 0 Å². The van der Waals surface area contributed by atoms with E-state index in [1.54, 1.807) is 36.4 Å². The molecule has 0 bridgehead atoms. The van der Waals surface area contributed by atoms with Crippen LogP contribution in [0.4, 0.5) is 0 Å². The molecule has 0 saturated heterocycles. The van der Waals surface area contributed by atoms with Crippen LogP contribution in [0.3, 0.4) is 0 Å². The Hall–Kier alpha value is -4.36. The molecule has 0 aromatic heterocycles. The number of rotatable bonds is 9. The summed E-state index contributed by atoms with van der Waals surface area (Å²) in [5.74, 6) is 0.0447. The number of ether oxygens (including phenoxy) is 3. The normalized spacial score (nSPS) is 10.3. The van der Waals surface area contributed by atoms with E-state index in [9.17, 15) is 14.4 Å². The first kappa shape index (κ1) is 30.2. The molecule has 6 nitrogen and oxygen atoms in total. The molecular weight excluding hydrogens is 524 g/mol. The van der Waals surface area contributed by atoms with Crippen molar-refractivity contribution < 1.29 is 28.6 Å². The summed E-state index contributed by atoms with van der Waals surface area (Å²) in [6.07, 6.45) is 4.32. The lowest BCUT2D eigenvalue weighted by molar-refractivity contribution is -0.130. The van der Waals surface area contributed by atoms with Crippen molar-refractivity contribution in [3.05, 3.63) is 108 Å². The van der Waals surface area contributed by atoms with Crippen molar-refractivity contribution in [2.75, 3.05) is 0 Å². The average molecular weight is 558 g/mol. The van der Waals surface area contributed by atoms with Crippen LogP contribution in [0.15, 0.2) is 122 Å². The molecule has 7 heteroatoms. The summed E-state index contributed by atoms with van der Waals surface area (Å²) in [7, 11) is -0.562. The Morgan fingerprint density at radius 3 is 0.875 bits per heavy atom. The molecule has 40 heavy (non-hydrogen) atoms. The number of benzene rings is 3. The number of carbonyl (C=O) groups is 3. The van der Waals surface area contributed by atoms with Gasteiger partial charge < -0.3 is 14.2 Å². The van der Waals surface area contributed by atoms with Crippen LogP contribution in [-0.2, 0) is 25.3 Å². The summed E-state index contributed by atoms with van der Waals surface area (Å²) >= 11 is 0. The first-order chi connectivity index (χ1) is 19.0. The highest BCUT2D eigenvalue weighted by molar-refractivity contribution is 7.97. The molecule has 0 atom stereocenters. The van der Waals surface area contributed by atoms with Gasteiger partial charge in [0.15, 0.2) is 14.7 Å². The SMILES string of the molecule is CC(C)=CC(=O)Oc1ccc([S+](c2ccc(OC(=O)C=C(C)C)cc2)c2ccc(OC(=O)C=C(C)C)cc2)cc1. The summed E-state index contributed by atoms with van der Waals surface area (Å²) in [5.41, 5.74) is 2.56. The molecule has 0 fully saturated rings. The van der Waals surface area contributed by atoms with Crippen LogP contribution in [0.25, 0.3) is 0 Å². The van der Waals surface area contributed by atoms with Crippen molar-refractivity contribution in [1.82, 2.24) is 0 Å². The minimum atomic E-state index is -0.562. The lowest BCUT2D eigenvalue weighted by Gasteiger charge is -2.10. The average Bonchev–Trinajstić information content (AvgIpc) is 2.86. The fourth-order valence-corrected chi connectivity index (χ4v) is 5.52. The van der Waals surface area contributed by atoms with E-state index in [4.69, 9.17) is 14.2 Å². The quantitative estimate of drug-likeness (QED) is 0.118. The first-order valence-corrected chi connectivity index (χ1v) is 13.9. The highest BCUT2D eigenvalue weighted by Gasteiger charge is 2.29. The fourth-order valence-electron chi connectivity index (χ4n) is 3.48. The Morgan fingerprint density at radius 2 is 0.675 bits per heavy atom. The van der Waals surface area contributed by atoms with Crippen molar-refractivity contribution in [3.63, 3.8) is 0 Å². The van der Waals surface area contributed by atoms with Crippen molar-refractivity contribution in [3.8, 4) is 17.2 Å². The third kappa shape index (κ3) is 9.43. The molecule has 0 heterocycles. The Morgan fingerprint density at radius 1 is 0.450 bits per heavy atom. The van der Waals surface area contributed by atoms with Crippen molar-refractivity contribution >= 4 is 28.8 Å². The Kier molecular flexibility index (Phi) is 10.7. The van der Waals surface area contributed by atoms with Gasteiger partial charge in [0.2, 0.25) is 0 Å². The summed E-state index contributed by atoms with van der Waals surface area (Å²) in [6, 6.07) is 22.1. The number of carbonyl (C=O) groups excluding carboxylic acids is 3. The molecule has 3 rings (SSSR count). The number of hydrogen-bond donors (Lipinski definition) is 0.